The Kier molecular flexibility index (Phi) is 5.45. The van der Waals surface area contributed by atoms with Crippen molar-refractivity contribution >= 4 is 50.0 Å². The average Bonchev–Trinajstić information content (AvgIpc) is 3.38. The van der Waals surface area contributed by atoms with E-state index in [1.165, 1.54) is 4.90 Å². The number of Topliss-reactive ketones (excluding diaryl/α,β-unsaturated/α-hetero) is 1. The number of carbonyl (C=O) groups excluding carboxylic acids is 2. The number of fused-ring (bicyclic) bond motifs is 1. The molecule has 170 valence electrons. The molecule has 0 fully saturated rings. The smallest absolute Gasteiger partial charge is 0.294 e. The molecule has 34 heavy (non-hydrogen) atoms. The first kappa shape index (κ1) is 21.9. The van der Waals surface area contributed by atoms with Gasteiger partial charge in [0.05, 0.1) is 11.3 Å². The lowest BCUT2D eigenvalue weighted by Gasteiger charge is -2.26. The van der Waals surface area contributed by atoms with Crippen LogP contribution in [0.4, 0.5) is 11.4 Å². The van der Waals surface area contributed by atoms with Crippen molar-refractivity contribution in [1.82, 2.24) is 4.98 Å². The summed E-state index contributed by atoms with van der Waals surface area (Å²) >= 11 is 3.41. The largest absolute Gasteiger partial charge is 0.503 e. The van der Waals surface area contributed by atoms with Crippen molar-refractivity contribution in [1.29, 1.82) is 0 Å². The fourth-order valence-corrected chi connectivity index (χ4v) is 4.47. The first-order valence-corrected chi connectivity index (χ1v) is 11.3. The third-order valence-electron chi connectivity index (χ3n) is 5.77. The molecule has 0 radical (unpaired) electrons. The van der Waals surface area contributed by atoms with Gasteiger partial charge in [-0.3, -0.25) is 19.5 Å². The highest BCUT2D eigenvalue weighted by Gasteiger charge is 2.46. The van der Waals surface area contributed by atoms with Gasteiger partial charge in [-0.1, -0.05) is 22.0 Å². The maximum Gasteiger partial charge on any atom is 0.294 e. The molecule has 0 spiro atoms. The van der Waals surface area contributed by atoms with Crippen LogP contribution in [0.2, 0.25) is 0 Å². The summed E-state index contributed by atoms with van der Waals surface area (Å²) in [7, 11) is 3.84. The molecular weight excluding hydrogens is 498 g/mol. The molecule has 4 aromatic rings. The fraction of sp³-hybridized carbons (Fsp3) is 0.115. The third-order valence-corrected chi connectivity index (χ3v) is 6.26. The first-order chi connectivity index (χ1) is 16.3. The number of aliphatic hydroxyl groups is 1. The lowest BCUT2D eigenvalue weighted by molar-refractivity contribution is -0.117. The molecule has 7 nitrogen and oxygen atoms in total. The Labute approximate surface area is 204 Å². The Morgan fingerprint density at radius 1 is 1.09 bits per heavy atom. The van der Waals surface area contributed by atoms with Crippen molar-refractivity contribution in [3.8, 4) is 0 Å². The summed E-state index contributed by atoms with van der Waals surface area (Å²) in [6.07, 6.45) is 1.59. The number of hydrogen-bond acceptors (Lipinski definition) is 6. The molecule has 0 aliphatic carbocycles. The number of pyridine rings is 1. The van der Waals surface area contributed by atoms with E-state index in [1.807, 2.05) is 43.3 Å². The molecule has 0 bridgehead atoms. The van der Waals surface area contributed by atoms with Gasteiger partial charge in [-0.25, -0.2) is 0 Å². The Morgan fingerprint density at radius 3 is 2.53 bits per heavy atom. The summed E-state index contributed by atoms with van der Waals surface area (Å²) in [5, 5.41) is 11.6. The van der Waals surface area contributed by atoms with Crippen molar-refractivity contribution in [2.75, 3.05) is 23.9 Å². The summed E-state index contributed by atoms with van der Waals surface area (Å²) in [6, 6.07) is 18.6. The number of furan rings is 1. The van der Waals surface area contributed by atoms with E-state index in [0.29, 0.717) is 17.0 Å². The zero-order valence-corrected chi connectivity index (χ0v) is 20.0. The number of aliphatic hydroxyl groups excluding tert-OH is 1. The molecule has 8 heteroatoms. The second-order valence-corrected chi connectivity index (χ2v) is 9.04. The quantitative estimate of drug-likeness (QED) is 0.354. The van der Waals surface area contributed by atoms with Gasteiger partial charge in [0, 0.05) is 41.5 Å². The van der Waals surface area contributed by atoms with Gasteiger partial charge in [0.2, 0.25) is 5.78 Å². The van der Waals surface area contributed by atoms with E-state index in [4.69, 9.17) is 4.42 Å². The maximum absolute atomic E-state index is 13.6. The van der Waals surface area contributed by atoms with Gasteiger partial charge in [-0.05, 0) is 60.7 Å². The van der Waals surface area contributed by atoms with Crippen LogP contribution >= 0.6 is 15.9 Å². The topological polar surface area (TPSA) is 86.9 Å². The molecule has 1 aliphatic rings. The van der Waals surface area contributed by atoms with Gasteiger partial charge < -0.3 is 14.4 Å². The molecule has 2 aromatic carbocycles. The van der Waals surface area contributed by atoms with Crippen molar-refractivity contribution in [3.63, 3.8) is 0 Å². The van der Waals surface area contributed by atoms with E-state index >= 15 is 0 Å². The molecular formula is C26H20BrN3O4. The minimum atomic E-state index is -0.911. The Hall–Kier alpha value is -3.91. The molecule has 5 rings (SSSR count). The van der Waals surface area contributed by atoms with Gasteiger partial charge in [0.25, 0.3) is 5.91 Å². The number of amides is 1. The average molecular weight is 518 g/mol. The first-order valence-electron chi connectivity index (χ1n) is 10.5. The molecule has 3 heterocycles. The molecule has 1 atom stereocenters. The molecule has 2 aromatic heterocycles. The van der Waals surface area contributed by atoms with Crippen LogP contribution in [0.15, 0.2) is 93.1 Å². The number of aromatic nitrogens is 1. The van der Waals surface area contributed by atoms with Gasteiger partial charge in [-0.15, -0.1) is 0 Å². The van der Waals surface area contributed by atoms with Crippen LogP contribution in [0.5, 0.6) is 0 Å². The summed E-state index contributed by atoms with van der Waals surface area (Å²) in [6.45, 7) is 0. The molecule has 1 amide bonds. The molecule has 0 saturated carbocycles. The van der Waals surface area contributed by atoms with E-state index < -0.39 is 23.5 Å². The van der Waals surface area contributed by atoms with Crippen molar-refractivity contribution in [2.45, 2.75) is 6.04 Å². The number of hydrogen-bond donors (Lipinski definition) is 1. The monoisotopic (exact) mass is 517 g/mol. The number of ketones is 1. The standard InChI is InChI=1S/C26H20BrN3O4/c1-29(2)17-7-9-18(10-8-17)30-23(19-5-3-4-12-28-19)22(25(32)26(30)33)24(31)21-14-15-13-16(27)6-11-20(15)34-21/h3-14,23,32H,1-2H3. The number of benzene rings is 2. The van der Waals surface area contributed by atoms with Crippen LogP contribution in [-0.2, 0) is 4.79 Å². The number of rotatable bonds is 5. The Balaban J connectivity index is 1.62. The highest BCUT2D eigenvalue weighted by Crippen LogP contribution is 2.42. The predicted octanol–water partition coefficient (Wildman–Crippen LogP) is 5.44. The Bertz CT molecular complexity index is 1440. The number of halogens is 1. The second kappa shape index (κ2) is 8.46. The zero-order chi connectivity index (χ0) is 24.0. The molecule has 1 N–H and O–H groups in total. The maximum atomic E-state index is 13.6. The number of carbonyl (C=O) groups is 2. The summed E-state index contributed by atoms with van der Waals surface area (Å²) in [5.41, 5.74) is 2.40. The molecule has 1 aliphatic heterocycles. The van der Waals surface area contributed by atoms with Crippen molar-refractivity contribution < 1.29 is 19.1 Å². The summed E-state index contributed by atoms with van der Waals surface area (Å²) in [5.74, 6) is -1.82. The number of anilines is 2. The minimum absolute atomic E-state index is 0.0354. The van der Waals surface area contributed by atoms with Crippen LogP contribution in [0.25, 0.3) is 11.0 Å². The van der Waals surface area contributed by atoms with Gasteiger partial charge in [0.15, 0.2) is 11.5 Å². The van der Waals surface area contributed by atoms with Crippen molar-refractivity contribution in [3.05, 3.63) is 100 Å². The lowest BCUT2D eigenvalue weighted by atomic mass is 9.98. The zero-order valence-electron chi connectivity index (χ0n) is 18.4. The highest BCUT2D eigenvalue weighted by molar-refractivity contribution is 9.10. The van der Waals surface area contributed by atoms with E-state index in [0.717, 1.165) is 15.5 Å². The minimum Gasteiger partial charge on any atom is -0.503 e. The number of nitrogens with zero attached hydrogens (tertiary/aromatic N) is 3. The van der Waals surface area contributed by atoms with Crippen molar-refractivity contribution in [2.24, 2.45) is 0 Å². The lowest BCUT2D eigenvalue weighted by Crippen LogP contribution is -2.31. The fourth-order valence-electron chi connectivity index (χ4n) is 4.09. The highest BCUT2D eigenvalue weighted by atomic mass is 79.9. The normalized spacial score (nSPS) is 15.9. The Morgan fingerprint density at radius 2 is 1.85 bits per heavy atom. The predicted molar refractivity (Wildman–Crippen MR) is 133 cm³/mol. The van der Waals surface area contributed by atoms with Crippen LogP contribution in [0, 0.1) is 0 Å². The van der Waals surface area contributed by atoms with Crippen LogP contribution in [-0.4, -0.2) is 35.9 Å². The van der Waals surface area contributed by atoms with Crippen LogP contribution < -0.4 is 9.80 Å². The molecule has 1 unspecified atom stereocenters. The second-order valence-electron chi connectivity index (χ2n) is 8.13. The van der Waals surface area contributed by atoms with Gasteiger partial charge in [0.1, 0.15) is 11.6 Å². The third kappa shape index (κ3) is 3.66. The van der Waals surface area contributed by atoms with E-state index in [-0.39, 0.29) is 11.3 Å². The van der Waals surface area contributed by atoms with E-state index in [1.54, 1.807) is 48.7 Å². The van der Waals surface area contributed by atoms with Crippen LogP contribution in [0.1, 0.15) is 22.3 Å². The van der Waals surface area contributed by atoms with Gasteiger partial charge in [-0.2, -0.15) is 0 Å². The van der Waals surface area contributed by atoms with Crippen LogP contribution in [0.3, 0.4) is 0 Å². The van der Waals surface area contributed by atoms with E-state index in [9.17, 15) is 14.7 Å². The molecule has 0 saturated heterocycles. The van der Waals surface area contributed by atoms with E-state index in [2.05, 4.69) is 20.9 Å². The summed E-state index contributed by atoms with van der Waals surface area (Å²) in [4.78, 5) is 34.6. The summed E-state index contributed by atoms with van der Waals surface area (Å²) < 4.78 is 6.62. The van der Waals surface area contributed by atoms with Gasteiger partial charge >= 0.3 is 0 Å². The SMILES string of the molecule is CN(C)c1ccc(N2C(=O)C(O)=C(C(=O)c3cc4cc(Br)ccc4o3)C2c2ccccn2)cc1.